The molecule has 1 aliphatic rings. The first-order valence-corrected chi connectivity index (χ1v) is 9.44. The molecular formula is C20H23F3N3S+. The standard InChI is InChI=1S/C20H22F3N3S/c21-20(22,23)17-8-4-5-9-18(17)25-19(27)24-16-10-12-26(13-11-16)14-15-6-2-1-3-7-15/h1-9,16H,10-14H2,(H2,24,25,27)/p+1. The third-order valence-corrected chi connectivity index (χ3v) is 5.03. The van der Waals surface area contributed by atoms with Gasteiger partial charge in [-0.1, -0.05) is 42.5 Å². The molecule has 0 atom stereocenters. The number of thiocarbonyl (C=S) groups is 1. The maximum atomic E-state index is 13.1. The molecule has 3 rings (SSSR count). The van der Waals surface area contributed by atoms with Crippen molar-refractivity contribution in [3.8, 4) is 0 Å². The molecule has 7 heteroatoms. The first-order valence-electron chi connectivity index (χ1n) is 9.03. The molecule has 1 aliphatic heterocycles. The summed E-state index contributed by atoms with van der Waals surface area (Å²) in [7, 11) is 0. The van der Waals surface area contributed by atoms with Crippen LogP contribution in [0, 0.1) is 0 Å². The second-order valence-corrected chi connectivity index (χ2v) is 7.24. The van der Waals surface area contributed by atoms with Crippen LogP contribution in [-0.2, 0) is 12.7 Å². The van der Waals surface area contributed by atoms with Crippen molar-refractivity contribution >= 4 is 23.0 Å². The van der Waals surface area contributed by atoms with Crippen LogP contribution in [0.15, 0.2) is 54.6 Å². The minimum absolute atomic E-state index is 0.0189. The molecule has 0 bridgehead atoms. The minimum Gasteiger partial charge on any atom is -0.359 e. The van der Waals surface area contributed by atoms with Gasteiger partial charge < -0.3 is 15.5 Å². The molecule has 1 saturated heterocycles. The Morgan fingerprint density at radius 2 is 1.63 bits per heavy atom. The van der Waals surface area contributed by atoms with Crippen LogP contribution in [-0.4, -0.2) is 24.2 Å². The van der Waals surface area contributed by atoms with Crippen LogP contribution < -0.4 is 15.5 Å². The molecule has 2 aromatic carbocycles. The molecular weight excluding hydrogens is 371 g/mol. The van der Waals surface area contributed by atoms with E-state index in [9.17, 15) is 13.2 Å². The van der Waals surface area contributed by atoms with Gasteiger partial charge in [0.15, 0.2) is 5.11 Å². The number of anilines is 1. The molecule has 0 radical (unpaired) electrons. The summed E-state index contributed by atoms with van der Waals surface area (Å²) in [4.78, 5) is 1.51. The van der Waals surface area contributed by atoms with E-state index < -0.39 is 11.7 Å². The van der Waals surface area contributed by atoms with Gasteiger partial charge in [-0.3, -0.25) is 0 Å². The Morgan fingerprint density at radius 1 is 1.00 bits per heavy atom. The number of nitrogens with one attached hydrogen (secondary N) is 3. The van der Waals surface area contributed by atoms with Crippen LogP contribution in [0.2, 0.25) is 0 Å². The van der Waals surface area contributed by atoms with Crippen molar-refractivity contribution in [3.63, 3.8) is 0 Å². The topological polar surface area (TPSA) is 28.5 Å². The van der Waals surface area contributed by atoms with Gasteiger partial charge >= 0.3 is 6.18 Å². The Bertz CT molecular complexity index is 757. The number of quaternary nitrogens is 1. The summed E-state index contributed by atoms with van der Waals surface area (Å²) in [5.74, 6) is 0. The monoisotopic (exact) mass is 394 g/mol. The molecule has 0 spiro atoms. The molecule has 0 aromatic heterocycles. The van der Waals surface area contributed by atoms with Crippen LogP contribution in [0.25, 0.3) is 0 Å². The summed E-state index contributed by atoms with van der Waals surface area (Å²) >= 11 is 5.24. The molecule has 0 amide bonds. The first kappa shape index (κ1) is 19.6. The summed E-state index contributed by atoms with van der Waals surface area (Å²) < 4.78 is 39.2. The Labute approximate surface area is 162 Å². The van der Waals surface area contributed by atoms with Gasteiger partial charge in [0, 0.05) is 24.4 Å². The number of likely N-dealkylation sites (tertiary alicyclic amines) is 1. The van der Waals surface area contributed by atoms with E-state index in [2.05, 4.69) is 22.8 Å². The number of rotatable bonds is 4. The van der Waals surface area contributed by atoms with Gasteiger partial charge in [-0.05, 0) is 24.4 Å². The van der Waals surface area contributed by atoms with Crippen molar-refractivity contribution in [2.75, 3.05) is 18.4 Å². The van der Waals surface area contributed by atoms with Crippen molar-refractivity contribution in [1.82, 2.24) is 5.32 Å². The molecule has 0 aliphatic carbocycles. The SMILES string of the molecule is FC(F)(F)c1ccccc1NC(=S)NC1CC[NH+](Cc2ccccc2)CC1. The summed E-state index contributed by atoms with van der Waals surface area (Å²) in [5.41, 5.74) is 0.589. The van der Waals surface area contributed by atoms with Crippen LogP contribution in [0.1, 0.15) is 24.0 Å². The van der Waals surface area contributed by atoms with Crippen molar-refractivity contribution in [3.05, 3.63) is 65.7 Å². The fourth-order valence-electron chi connectivity index (χ4n) is 3.41. The van der Waals surface area contributed by atoms with Gasteiger partial charge in [-0.25, -0.2) is 0 Å². The van der Waals surface area contributed by atoms with Gasteiger partial charge in [-0.15, -0.1) is 0 Å². The summed E-state index contributed by atoms with van der Waals surface area (Å²) in [5, 5.41) is 6.12. The molecule has 0 unspecified atom stereocenters. The lowest BCUT2D eigenvalue weighted by atomic mass is 10.0. The normalized spacial score (nSPS) is 20.1. The van der Waals surface area contributed by atoms with Gasteiger partial charge in [-0.2, -0.15) is 13.2 Å². The van der Waals surface area contributed by atoms with E-state index in [4.69, 9.17) is 12.2 Å². The van der Waals surface area contributed by atoms with Gasteiger partial charge in [0.05, 0.1) is 24.3 Å². The number of halogens is 3. The number of benzene rings is 2. The van der Waals surface area contributed by atoms with Crippen molar-refractivity contribution in [1.29, 1.82) is 0 Å². The van der Waals surface area contributed by atoms with Crippen molar-refractivity contribution < 1.29 is 18.1 Å². The highest BCUT2D eigenvalue weighted by Gasteiger charge is 2.33. The highest BCUT2D eigenvalue weighted by atomic mass is 32.1. The number of hydrogen-bond donors (Lipinski definition) is 3. The van der Waals surface area contributed by atoms with Crippen molar-refractivity contribution in [2.24, 2.45) is 0 Å². The second kappa shape index (κ2) is 8.71. The van der Waals surface area contributed by atoms with Gasteiger partial charge in [0.2, 0.25) is 0 Å². The van der Waals surface area contributed by atoms with E-state index in [1.165, 1.54) is 22.6 Å². The fourth-order valence-corrected chi connectivity index (χ4v) is 3.69. The average Bonchev–Trinajstić information content (AvgIpc) is 2.64. The Balaban J connectivity index is 1.49. The van der Waals surface area contributed by atoms with Crippen LogP contribution >= 0.6 is 12.2 Å². The van der Waals surface area contributed by atoms with E-state index in [1.54, 1.807) is 6.07 Å². The smallest absolute Gasteiger partial charge is 0.359 e. The van der Waals surface area contributed by atoms with E-state index in [0.29, 0.717) is 0 Å². The average molecular weight is 394 g/mol. The van der Waals surface area contributed by atoms with E-state index >= 15 is 0 Å². The van der Waals surface area contributed by atoms with Crippen LogP contribution in [0.5, 0.6) is 0 Å². The van der Waals surface area contributed by atoms with Crippen LogP contribution in [0.4, 0.5) is 18.9 Å². The number of hydrogen-bond acceptors (Lipinski definition) is 1. The fraction of sp³-hybridized carbons (Fsp3) is 0.350. The quantitative estimate of drug-likeness (QED) is 0.696. The van der Waals surface area contributed by atoms with E-state index in [0.717, 1.165) is 38.5 Å². The lowest BCUT2D eigenvalue weighted by Crippen LogP contribution is -3.12. The van der Waals surface area contributed by atoms with E-state index in [1.807, 2.05) is 18.2 Å². The number of piperidine rings is 1. The molecule has 3 nitrogen and oxygen atoms in total. The molecule has 1 heterocycles. The highest BCUT2D eigenvalue weighted by molar-refractivity contribution is 7.80. The minimum atomic E-state index is -4.41. The zero-order valence-corrected chi connectivity index (χ0v) is 15.7. The maximum absolute atomic E-state index is 13.1. The Hall–Kier alpha value is -2.12. The summed E-state index contributed by atoms with van der Waals surface area (Å²) in [6, 6.07) is 15.9. The predicted octanol–water partition coefficient (Wildman–Crippen LogP) is 3.24. The highest BCUT2D eigenvalue weighted by Crippen LogP contribution is 2.34. The lowest BCUT2D eigenvalue weighted by molar-refractivity contribution is -0.918. The van der Waals surface area contributed by atoms with Crippen molar-refractivity contribution in [2.45, 2.75) is 31.6 Å². The van der Waals surface area contributed by atoms with Gasteiger partial charge in [0.25, 0.3) is 0 Å². The summed E-state index contributed by atoms with van der Waals surface area (Å²) in [6.07, 6.45) is -2.54. The zero-order chi connectivity index (χ0) is 19.3. The first-order chi connectivity index (χ1) is 12.9. The lowest BCUT2D eigenvalue weighted by Gasteiger charge is -2.30. The molecule has 27 heavy (non-hydrogen) atoms. The van der Waals surface area contributed by atoms with Gasteiger partial charge in [0.1, 0.15) is 6.54 Å². The molecule has 1 fully saturated rings. The number of para-hydroxylation sites is 1. The molecule has 3 N–H and O–H groups in total. The Morgan fingerprint density at radius 3 is 2.30 bits per heavy atom. The predicted molar refractivity (Wildman–Crippen MR) is 105 cm³/mol. The third kappa shape index (κ3) is 5.68. The molecule has 2 aromatic rings. The second-order valence-electron chi connectivity index (χ2n) is 6.83. The third-order valence-electron chi connectivity index (χ3n) is 4.81. The van der Waals surface area contributed by atoms with Crippen LogP contribution in [0.3, 0.4) is 0 Å². The maximum Gasteiger partial charge on any atom is 0.418 e. The Kier molecular flexibility index (Phi) is 6.34. The largest absolute Gasteiger partial charge is 0.418 e. The molecule has 0 saturated carbocycles. The zero-order valence-electron chi connectivity index (χ0n) is 14.9. The van der Waals surface area contributed by atoms with E-state index in [-0.39, 0.29) is 16.8 Å². The number of alkyl halides is 3. The summed E-state index contributed by atoms with van der Waals surface area (Å²) in [6.45, 7) is 3.01. The molecule has 144 valence electrons.